The second-order valence-corrected chi connectivity index (χ2v) is 4.42. The van der Waals surface area contributed by atoms with Crippen LogP contribution in [0.3, 0.4) is 0 Å². The molecule has 3 nitrogen and oxygen atoms in total. The maximum Gasteiger partial charge on any atom is 0.331 e. The maximum atomic E-state index is 11.6. The lowest BCUT2D eigenvalue weighted by molar-refractivity contribution is -0.146. The minimum atomic E-state index is -0.335. The molecule has 1 saturated carbocycles. The zero-order valence-electron chi connectivity index (χ0n) is 10.2. The van der Waals surface area contributed by atoms with Gasteiger partial charge in [-0.3, -0.25) is 4.79 Å². The van der Waals surface area contributed by atoms with Gasteiger partial charge in [-0.15, -0.1) is 0 Å². The topological polar surface area (TPSA) is 43.4 Å². The molecule has 94 valence electrons. The summed E-state index contributed by atoms with van der Waals surface area (Å²) >= 11 is 0. The second kappa shape index (κ2) is 6.15. The third-order valence-corrected chi connectivity index (χ3v) is 2.98. The van der Waals surface area contributed by atoms with Crippen molar-refractivity contribution < 1.29 is 14.3 Å². The van der Waals surface area contributed by atoms with E-state index in [1.54, 1.807) is 6.08 Å². The molecule has 0 aromatic heterocycles. The molecule has 0 radical (unpaired) electrons. The lowest BCUT2D eigenvalue weighted by Crippen LogP contribution is -2.23. The van der Waals surface area contributed by atoms with Crippen LogP contribution >= 0.6 is 0 Å². The van der Waals surface area contributed by atoms with Crippen molar-refractivity contribution in [2.75, 3.05) is 0 Å². The summed E-state index contributed by atoms with van der Waals surface area (Å²) in [4.78, 5) is 22.6. The Morgan fingerprint density at radius 2 is 1.83 bits per heavy atom. The van der Waals surface area contributed by atoms with E-state index in [1.807, 2.05) is 30.3 Å². The van der Waals surface area contributed by atoms with Crippen molar-refractivity contribution in [2.45, 2.75) is 31.8 Å². The summed E-state index contributed by atoms with van der Waals surface area (Å²) in [6.07, 6.45) is 5.44. The average Bonchev–Trinajstić information content (AvgIpc) is 2.40. The van der Waals surface area contributed by atoms with Crippen molar-refractivity contribution in [1.29, 1.82) is 0 Å². The van der Waals surface area contributed by atoms with Crippen molar-refractivity contribution in [3.05, 3.63) is 42.0 Å². The Balaban J connectivity index is 1.82. The second-order valence-electron chi connectivity index (χ2n) is 4.42. The van der Waals surface area contributed by atoms with Crippen molar-refractivity contribution in [2.24, 2.45) is 0 Å². The molecule has 1 aromatic rings. The highest BCUT2D eigenvalue weighted by Gasteiger charge is 2.20. The molecular formula is C15H16O3. The molecule has 1 aliphatic carbocycles. The van der Waals surface area contributed by atoms with Gasteiger partial charge in [0, 0.05) is 18.9 Å². The van der Waals surface area contributed by atoms with E-state index in [9.17, 15) is 9.59 Å². The van der Waals surface area contributed by atoms with Crippen molar-refractivity contribution >= 4 is 17.8 Å². The number of hydrogen-bond acceptors (Lipinski definition) is 3. The maximum absolute atomic E-state index is 11.6. The Labute approximate surface area is 106 Å². The first kappa shape index (κ1) is 12.6. The summed E-state index contributed by atoms with van der Waals surface area (Å²) in [5, 5.41) is 0. The number of Topliss-reactive ketones (excluding diaryl/α,β-unsaturated/α-hetero) is 1. The summed E-state index contributed by atoms with van der Waals surface area (Å²) in [6, 6.07) is 9.59. The first-order chi connectivity index (χ1) is 8.74. The van der Waals surface area contributed by atoms with E-state index < -0.39 is 0 Å². The fourth-order valence-corrected chi connectivity index (χ4v) is 1.96. The van der Waals surface area contributed by atoms with Crippen molar-refractivity contribution in [3.63, 3.8) is 0 Å². The number of ketones is 1. The van der Waals surface area contributed by atoms with E-state index >= 15 is 0 Å². The van der Waals surface area contributed by atoms with Gasteiger partial charge in [0.2, 0.25) is 0 Å². The standard InChI is InChI=1S/C15H16O3/c16-13-7-9-14(10-8-13)18-15(17)11-6-12-4-2-1-3-5-12/h1-6,11,14H,7-10H2/b11-6+. The van der Waals surface area contributed by atoms with Crippen LogP contribution in [-0.2, 0) is 14.3 Å². The number of hydrogen-bond donors (Lipinski definition) is 0. The van der Waals surface area contributed by atoms with Gasteiger partial charge in [-0.1, -0.05) is 30.3 Å². The lowest BCUT2D eigenvalue weighted by atomic mass is 9.96. The van der Waals surface area contributed by atoms with Crippen LogP contribution in [-0.4, -0.2) is 17.9 Å². The third kappa shape index (κ3) is 3.84. The molecular weight excluding hydrogens is 228 g/mol. The summed E-state index contributed by atoms with van der Waals surface area (Å²) in [5.41, 5.74) is 0.966. The quantitative estimate of drug-likeness (QED) is 0.606. The predicted molar refractivity (Wildman–Crippen MR) is 68.8 cm³/mol. The van der Waals surface area contributed by atoms with E-state index in [0.717, 1.165) is 5.56 Å². The molecule has 1 fully saturated rings. The molecule has 0 atom stereocenters. The number of benzene rings is 1. The van der Waals surface area contributed by atoms with E-state index in [1.165, 1.54) is 6.08 Å². The summed E-state index contributed by atoms with van der Waals surface area (Å²) < 4.78 is 5.28. The number of carbonyl (C=O) groups is 2. The van der Waals surface area contributed by atoms with E-state index in [2.05, 4.69) is 0 Å². The van der Waals surface area contributed by atoms with Gasteiger partial charge < -0.3 is 4.74 Å². The smallest absolute Gasteiger partial charge is 0.331 e. The molecule has 0 aliphatic heterocycles. The molecule has 18 heavy (non-hydrogen) atoms. The van der Waals surface area contributed by atoms with Gasteiger partial charge in [0.1, 0.15) is 11.9 Å². The summed E-state index contributed by atoms with van der Waals surface area (Å²) in [7, 11) is 0. The number of carbonyl (C=O) groups excluding carboxylic acids is 2. The highest BCUT2D eigenvalue weighted by Crippen LogP contribution is 2.18. The zero-order valence-corrected chi connectivity index (χ0v) is 10.2. The highest BCUT2D eigenvalue weighted by molar-refractivity contribution is 5.87. The first-order valence-corrected chi connectivity index (χ1v) is 6.19. The Hall–Kier alpha value is -1.90. The minimum Gasteiger partial charge on any atom is -0.459 e. The van der Waals surface area contributed by atoms with Gasteiger partial charge in [-0.2, -0.15) is 0 Å². The van der Waals surface area contributed by atoms with Crippen LogP contribution in [0.1, 0.15) is 31.2 Å². The van der Waals surface area contributed by atoms with Crippen LogP contribution in [0.25, 0.3) is 6.08 Å². The minimum absolute atomic E-state index is 0.101. The van der Waals surface area contributed by atoms with E-state index in [4.69, 9.17) is 4.74 Å². The van der Waals surface area contributed by atoms with Crippen LogP contribution in [0.4, 0.5) is 0 Å². The molecule has 0 saturated heterocycles. The molecule has 1 aliphatic rings. The van der Waals surface area contributed by atoms with Gasteiger partial charge in [0.05, 0.1) is 0 Å². The fourth-order valence-electron chi connectivity index (χ4n) is 1.96. The number of rotatable bonds is 3. The van der Waals surface area contributed by atoms with Gasteiger partial charge in [0.25, 0.3) is 0 Å². The average molecular weight is 244 g/mol. The highest BCUT2D eigenvalue weighted by atomic mass is 16.5. The normalized spacial score (nSPS) is 17.0. The molecule has 0 heterocycles. The summed E-state index contributed by atoms with van der Waals surface area (Å²) in [6.45, 7) is 0. The Morgan fingerprint density at radius 3 is 2.50 bits per heavy atom. The Bertz CT molecular complexity index is 438. The fraction of sp³-hybridized carbons (Fsp3) is 0.333. The molecule has 0 spiro atoms. The van der Waals surface area contributed by atoms with Crippen LogP contribution in [0, 0.1) is 0 Å². The van der Waals surface area contributed by atoms with Gasteiger partial charge >= 0.3 is 5.97 Å². The predicted octanol–water partition coefficient (Wildman–Crippen LogP) is 2.75. The molecule has 2 rings (SSSR count). The largest absolute Gasteiger partial charge is 0.459 e. The Kier molecular flexibility index (Phi) is 4.29. The molecule has 3 heteroatoms. The van der Waals surface area contributed by atoms with E-state index in [0.29, 0.717) is 25.7 Å². The van der Waals surface area contributed by atoms with E-state index in [-0.39, 0.29) is 17.9 Å². The molecule has 0 N–H and O–H groups in total. The van der Waals surface area contributed by atoms with Gasteiger partial charge in [-0.25, -0.2) is 4.79 Å². The van der Waals surface area contributed by atoms with Crippen molar-refractivity contribution in [3.8, 4) is 0 Å². The van der Waals surface area contributed by atoms with Crippen LogP contribution in [0.5, 0.6) is 0 Å². The number of ether oxygens (including phenoxy) is 1. The van der Waals surface area contributed by atoms with Crippen molar-refractivity contribution in [1.82, 2.24) is 0 Å². The van der Waals surface area contributed by atoms with Crippen LogP contribution in [0.2, 0.25) is 0 Å². The monoisotopic (exact) mass is 244 g/mol. The summed E-state index contributed by atoms with van der Waals surface area (Å²) in [5.74, 6) is -0.0691. The van der Waals surface area contributed by atoms with Crippen LogP contribution in [0.15, 0.2) is 36.4 Å². The third-order valence-electron chi connectivity index (χ3n) is 2.98. The Morgan fingerprint density at radius 1 is 1.17 bits per heavy atom. The molecule has 1 aromatic carbocycles. The molecule has 0 bridgehead atoms. The van der Waals surface area contributed by atoms with Gasteiger partial charge in [-0.05, 0) is 24.5 Å². The SMILES string of the molecule is O=C1CCC(OC(=O)/C=C/c2ccccc2)CC1. The number of esters is 1. The zero-order chi connectivity index (χ0) is 12.8. The lowest BCUT2D eigenvalue weighted by Gasteiger charge is -2.20. The van der Waals surface area contributed by atoms with Crippen LogP contribution < -0.4 is 0 Å². The molecule has 0 unspecified atom stereocenters. The van der Waals surface area contributed by atoms with Gasteiger partial charge in [0.15, 0.2) is 0 Å². The first-order valence-electron chi connectivity index (χ1n) is 6.19. The molecule has 0 amide bonds.